The second-order valence-electron chi connectivity index (χ2n) is 5.65. The van der Waals surface area contributed by atoms with Gasteiger partial charge in [-0.25, -0.2) is 4.68 Å². The molecule has 1 N–H and O–H groups in total. The average Bonchev–Trinajstić information content (AvgIpc) is 3.02. The van der Waals surface area contributed by atoms with Crippen molar-refractivity contribution in [3.05, 3.63) is 77.6 Å². The number of thioether (sulfide) groups is 1. The number of Topliss-reactive ketones (excluding diaryl/α,β-unsaturated/α-hetero) is 1. The maximum absolute atomic E-state index is 13.1. The van der Waals surface area contributed by atoms with Gasteiger partial charge in [0.25, 0.3) is 0 Å². The minimum atomic E-state index is -0.300. The fourth-order valence-corrected chi connectivity index (χ4v) is 4.04. The molecule has 3 aromatic rings. The highest BCUT2D eigenvalue weighted by molar-refractivity contribution is 8.00. The molecule has 0 aliphatic carbocycles. The number of rotatable bonds is 3. The van der Waals surface area contributed by atoms with Crippen LogP contribution in [0.15, 0.2) is 65.8 Å². The van der Waals surface area contributed by atoms with Crippen LogP contribution in [0.3, 0.4) is 0 Å². The van der Waals surface area contributed by atoms with Gasteiger partial charge >= 0.3 is 0 Å². The van der Waals surface area contributed by atoms with E-state index >= 15 is 0 Å². The van der Waals surface area contributed by atoms with Gasteiger partial charge in [0, 0.05) is 5.56 Å². The van der Waals surface area contributed by atoms with Crippen LogP contribution in [0.1, 0.15) is 27.8 Å². The van der Waals surface area contributed by atoms with Crippen LogP contribution < -0.4 is 5.43 Å². The van der Waals surface area contributed by atoms with E-state index in [-0.39, 0.29) is 17.1 Å². The van der Waals surface area contributed by atoms with E-state index in [0.29, 0.717) is 10.7 Å². The number of hydrogen-bond acceptors (Lipinski definition) is 5. The van der Waals surface area contributed by atoms with Crippen molar-refractivity contribution in [2.45, 2.75) is 23.4 Å². The quantitative estimate of drug-likeness (QED) is 0.744. The van der Waals surface area contributed by atoms with E-state index in [1.807, 2.05) is 72.3 Å². The van der Waals surface area contributed by atoms with E-state index in [0.717, 1.165) is 11.4 Å². The van der Waals surface area contributed by atoms with Gasteiger partial charge in [0.2, 0.25) is 5.16 Å². The van der Waals surface area contributed by atoms with Crippen molar-refractivity contribution >= 4 is 17.5 Å². The molecule has 4 rings (SSSR count). The second kappa shape index (κ2) is 6.13. The van der Waals surface area contributed by atoms with Gasteiger partial charge in [-0.15, -0.1) is 10.2 Å². The summed E-state index contributed by atoms with van der Waals surface area (Å²) in [5.74, 6) is 0.873. The third-order valence-electron chi connectivity index (χ3n) is 4.07. The van der Waals surface area contributed by atoms with E-state index in [1.54, 1.807) is 0 Å². The number of ketones is 1. The highest BCUT2D eigenvalue weighted by Crippen LogP contribution is 2.38. The van der Waals surface area contributed by atoms with E-state index in [1.165, 1.54) is 11.8 Å². The molecule has 2 heterocycles. The molecular weight excluding hydrogens is 320 g/mol. The smallest absolute Gasteiger partial charge is 0.210 e. The fourth-order valence-electron chi connectivity index (χ4n) is 2.84. The number of nitrogens with zero attached hydrogens (tertiary/aromatic N) is 3. The molecule has 2 aromatic carbocycles. The summed E-state index contributed by atoms with van der Waals surface area (Å²) in [6.07, 6.45) is 0. The molecular formula is C18H16N4OS. The van der Waals surface area contributed by atoms with Crippen molar-refractivity contribution in [2.24, 2.45) is 0 Å². The molecule has 6 heteroatoms. The zero-order valence-electron chi connectivity index (χ0n) is 13.1. The van der Waals surface area contributed by atoms with Crippen LogP contribution in [0.4, 0.5) is 0 Å². The van der Waals surface area contributed by atoms with Gasteiger partial charge in [-0.3, -0.25) is 4.79 Å². The van der Waals surface area contributed by atoms with Crippen LogP contribution in [0.5, 0.6) is 0 Å². The summed E-state index contributed by atoms with van der Waals surface area (Å²) < 4.78 is 1.86. The number of fused-ring (bicyclic) bond motifs is 1. The maximum atomic E-state index is 13.1. The predicted molar refractivity (Wildman–Crippen MR) is 93.7 cm³/mol. The van der Waals surface area contributed by atoms with Crippen molar-refractivity contribution in [1.82, 2.24) is 14.9 Å². The topological polar surface area (TPSA) is 59.8 Å². The number of carbonyl (C=O) groups excluding carboxylic acids is 1. The van der Waals surface area contributed by atoms with Crippen molar-refractivity contribution in [2.75, 3.05) is 5.43 Å². The van der Waals surface area contributed by atoms with E-state index in [2.05, 4.69) is 15.6 Å². The zero-order valence-corrected chi connectivity index (χ0v) is 13.9. The zero-order chi connectivity index (χ0) is 16.5. The maximum Gasteiger partial charge on any atom is 0.210 e. The Kier molecular flexibility index (Phi) is 3.82. The lowest BCUT2D eigenvalue weighted by Crippen LogP contribution is -2.39. The van der Waals surface area contributed by atoms with Gasteiger partial charge in [0.15, 0.2) is 5.78 Å². The predicted octanol–water partition coefficient (Wildman–Crippen LogP) is 3.23. The number of hydrogen-bond donors (Lipinski definition) is 1. The second-order valence-corrected chi connectivity index (χ2v) is 6.76. The van der Waals surface area contributed by atoms with Crippen LogP contribution in [0.25, 0.3) is 0 Å². The minimum absolute atomic E-state index is 0.0915. The Morgan fingerprint density at radius 1 is 1.04 bits per heavy atom. The average molecular weight is 336 g/mol. The number of aromatic nitrogens is 3. The molecule has 5 nitrogen and oxygen atoms in total. The van der Waals surface area contributed by atoms with E-state index < -0.39 is 0 Å². The normalized spacial score (nSPS) is 19.4. The molecule has 1 aromatic heterocycles. The summed E-state index contributed by atoms with van der Waals surface area (Å²) in [6, 6.07) is 19.3. The van der Waals surface area contributed by atoms with Crippen molar-refractivity contribution < 1.29 is 4.79 Å². The molecule has 120 valence electrons. The van der Waals surface area contributed by atoms with E-state index in [9.17, 15) is 4.79 Å². The molecule has 0 saturated carbocycles. The third kappa shape index (κ3) is 2.59. The largest absolute Gasteiger partial charge is 0.313 e. The number of aryl methyl sites for hydroxylation is 1. The van der Waals surface area contributed by atoms with Crippen LogP contribution in [-0.4, -0.2) is 25.9 Å². The molecule has 0 fully saturated rings. The molecule has 1 aliphatic rings. The summed E-state index contributed by atoms with van der Waals surface area (Å²) in [7, 11) is 0. The highest BCUT2D eigenvalue weighted by Gasteiger charge is 2.37. The summed E-state index contributed by atoms with van der Waals surface area (Å²) >= 11 is 1.46. The Morgan fingerprint density at radius 3 is 2.42 bits per heavy atom. The molecule has 0 spiro atoms. The standard InChI is InChI=1S/C18H16N4OS/c1-12-19-20-18-22(12)21-15(13-8-4-2-5-9-13)17(24-18)16(23)14-10-6-3-7-11-14/h2-11,15,17,21H,1H3/t15-,17+/m0/s1. The van der Waals surface area contributed by atoms with Gasteiger partial charge in [-0.05, 0) is 12.5 Å². The first-order valence-corrected chi connectivity index (χ1v) is 8.61. The van der Waals surface area contributed by atoms with Gasteiger partial charge in [0.1, 0.15) is 11.1 Å². The van der Waals surface area contributed by atoms with Gasteiger partial charge < -0.3 is 5.43 Å². The van der Waals surface area contributed by atoms with Crippen LogP contribution >= 0.6 is 11.8 Å². The van der Waals surface area contributed by atoms with Gasteiger partial charge in [-0.2, -0.15) is 0 Å². The fraction of sp³-hybridized carbons (Fsp3) is 0.167. The van der Waals surface area contributed by atoms with Crippen molar-refractivity contribution in [1.29, 1.82) is 0 Å². The first-order chi connectivity index (χ1) is 11.7. The Balaban J connectivity index is 1.76. The lowest BCUT2D eigenvalue weighted by molar-refractivity contribution is 0.0980. The molecule has 0 unspecified atom stereocenters. The molecule has 0 saturated heterocycles. The molecule has 1 aliphatic heterocycles. The summed E-state index contributed by atoms with van der Waals surface area (Å²) in [5, 5.41) is 8.70. The Bertz CT molecular complexity index is 863. The summed E-state index contributed by atoms with van der Waals surface area (Å²) in [6.45, 7) is 1.89. The molecule has 24 heavy (non-hydrogen) atoms. The Labute approximate surface area is 144 Å². The van der Waals surface area contributed by atoms with Crippen molar-refractivity contribution in [3.8, 4) is 0 Å². The van der Waals surface area contributed by atoms with Crippen molar-refractivity contribution in [3.63, 3.8) is 0 Å². The lowest BCUT2D eigenvalue weighted by Gasteiger charge is -2.32. The highest BCUT2D eigenvalue weighted by atomic mass is 32.2. The minimum Gasteiger partial charge on any atom is -0.313 e. The molecule has 2 atom stereocenters. The van der Waals surface area contributed by atoms with E-state index in [4.69, 9.17) is 0 Å². The van der Waals surface area contributed by atoms with Crippen LogP contribution in [0.2, 0.25) is 0 Å². The SMILES string of the molecule is Cc1nnc2n1N[C@@H](c1ccccc1)[C@H](C(=O)c1ccccc1)S2. The molecule has 0 radical (unpaired) electrons. The molecule has 0 bridgehead atoms. The first kappa shape index (κ1) is 15.0. The number of benzene rings is 2. The Hall–Kier alpha value is -2.60. The summed E-state index contributed by atoms with van der Waals surface area (Å²) in [4.78, 5) is 13.1. The number of nitrogens with one attached hydrogen (secondary N) is 1. The number of carbonyl (C=O) groups is 1. The lowest BCUT2D eigenvalue weighted by atomic mass is 9.97. The monoisotopic (exact) mass is 336 g/mol. The van der Waals surface area contributed by atoms with Crippen LogP contribution in [-0.2, 0) is 0 Å². The van der Waals surface area contributed by atoms with Crippen LogP contribution in [0, 0.1) is 6.92 Å². The first-order valence-electron chi connectivity index (χ1n) is 7.73. The summed E-state index contributed by atoms with van der Waals surface area (Å²) in [5.41, 5.74) is 5.19. The Morgan fingerprint density at radius 2 is 1.71 bits per heavy atom. The van der Waals surface area contributed by atoms with Gasteiger partial charge in [-0.1, -0.05) is 72.4 Å². The van der Waals surface area contributed by atoms with Gasteiger partial charge in [0.05, 0.1) is 6.04 Å². The third-order valence-corrected chi connectivity index (χ3v) is 5.29. The molecule has 0 amide bonds.